The van der Waals surface area contributed by atoms with Crippen LogP contribution in [0.2, 0.25) is 0 Å². The van der Waals surface area contributed by atoms with Crippen LogP contribution in [0.4, 0.5) is 0 Å². The molecule has 0 bridgehead atoms. The van der Waals surface area contributed by atoms with Gasteiger partial charge in [0, 0.05) is 19.3 Å². The van der Waals surface area contributed by atoms with Crippen LogP contribution in [0.5, 0.6) is 0 Å². The number of carbonyl (C=O) groups excluding carboxylic acids is 3. The van der Waals surface area contributed by atoms with E-state index in [-0.39, 0.29) is 50.8 Å². The summed E-state index contributed by atoms with van der Waals surface area (Å²) in [5, 5.41) is 0. The molecular formula is C17H30O7. The van der Waals surface area contributed by atoms with Crippen molar-refractivity contribution >= 4 is 17.9 Å². The van der Waals surface area contributed by atoms with E-state index in [0.29, 0.717) is 25.7 Å². The molecule has 0 N–H and O–H groups in total. The van der Waals surface area contributed by atoms with Gasteiger partial charge in [-0.15, -0.1) is 0 Å². The lowest BCUT2D eigenvalue weighted by molar-refractivity contribution is -0.147. The largest absolute Gasteiger partial charge is 0.469 e. The second kappa shape index (κ2) is 16.2. The van der Waals surface area contributed by atoms with Gasteiger partial charge in [0.1, 0.15) is 13.2 Å². The summed E-state index contributed by atoms with van der Waals surface area (Å²) in [6.45, 7) is 3.01. The van der Waals surface area contributed by atoms with Crippen molar-refractivity contribution in [3.05, 3.63) is 0 Å². The number of ether oxygens (including phenoxy) is 4. The summed E-state index contributed by atoms with van der Waals surface area (Å²) in [5.74, 6) is -0.793. The van der Waals surface area contributed by atoms with E-state index < -0.39 is 0 Å². The number of methoxy groups -OCH3 is 1. The summed E-state index contributed by atoms with van der Waals surface area (Å²) < 4.78 is 19.7. The lowest BCUT2D eigenvalue weighted by atomic mass is 10.2. The molecule has 0 amide bonds. The van der Waals surface area contributed by atoms with Crippen LogP contribution in [0.25, 0.3) is 0 Å². The van der Waals surface area contributed by atoms with Crippen molar-refractivity contribution in [1.29, 1.82) is 0 Å². The lowest BCUT2D eigenvalue weighted by Crippen LogP contribution is -2.14. The van der Waals surface area contributed by atoms with Crippen LogP contribution < -0.4 is 0 Å². The Kier molecular flexibility index (Phi) is 15.1. The fraction of sp³-hybridized carbons (Fsp3) is 0.824. The van der Waals surface area contributed by atoms with E-state index in [1.165, 1.54) is 7.11 Å². The highest BCUT2D eigenvalue weighted by atomic mass is 16.6. The number of unbranched alkanes of at least 4 members (excludes halogenated alkanes) is 3. The number of rotatable bonds is 15. The Morgan fingerprint density at radius 2 is 1.12 bits per heavy atom. The molecule has 0 aromatic rings. The molecule has 0 aliphatic rings. The van der Waals surface area contributed by atoms with Crippen molar-refractivity contribution in [3.63, 3.8) is 0 Å². The van der Waals surface area contributed by atoms with E-state index in [4.69, 9.17) is 14.2 Å². The molecule has 0 atom stereocenters. The maximum absolute atomic E-state index is 11.4. The molecule has 0 unspecified atom stereocenters. The van der Waals surface area contributed by atoms with Crippen LogP contribution >= 0.6 is 0 Å². The Balaban J connectivity index is 3.33. The first-order valence-corrected chi connectivity index (χ1v) is 8.56. The number of hydrogen-bond donors (Lipinski definition) is 0. The third kappa shape index (κ3) is 15.3. The lowest BCUT2D eigenvalue weighted by Gasteiger charge is -2.07. The van der Waals surface area contributed by atoms with Crippen molar-refractivity contribution in [2.45, 2.75) is 58.3 Å². The maximum atomic E-state index is 11.4. The standard InChI is InChI=1S/C17H30O7/c1-3-4-5-9-16(19)23-13-11-22-12-14-24-17(20)10-7-6-8-15(18)21-2/h3-14H2,1-2H3. The molecule has 0 heterocycles. The van der Waals surface area contributed by atoms with E-state index >= 15 is 0 Å². The van der Waals surface area contributed by atoms with E-state index in [2.05, 4.69) is 11.7 Å². The third-order valence-electron chi connectivity index (χ3n) is 3.21. The highest BCUT2D eigenvalue weighted by molar-refractivity contribution is 5.70. The Labute approximate surface area is 144 Å². The van der Waals surface area contributed by atoms with Crippen molar-refractivity contribution in [2.75, 3.05) is 33.5 Å². The Morgan fingerprint density at radius 3 is 1.58 bits per heavy atom. The van der Waals surface area contributed by atoms with Gasteiger partial charge in [-0.1, -0.05) is 19.8 Å². The van der Waals surface area contributed by atoms with Gasteiger partial charge in [-0.3, -0.25) is 14.4 Å². The van der Waals surface area contributed by atoms with Gasteiger partial charge >= 0.3 is 17.9 Å². The second-order valence-corrected chi connectivity index (χ2v) is 5.29. The van der Waals surface area contributed by atoms with E-state index in [1.807, 2.05) is 0 Å². The maximum Gasteiger partial charge on any atom is 0.305 e. The van der Waals surface area contributed by atoms with Gasteiger partial charge in [-0.25, -0.2) is 0 Å². The van der Waals surface area contributed by atoms with Gasteiger partial charge in [0.2, 0.25) is 0 Å². The molecule has 7 heteroatoms. The summed E-state index contributed by atoms with van der Waals surface area (Å²) >= 11 is 0. The minimum Gasteiger partial charge on any atom is -0.469 e. The number of carbonyl (C=O) groups is 3. The molecule has 140 valence electrons. The SMILES string of the molecule is CCCCCC(=O)OCCOCCOC(=O)CCCCC(=O)OC. The fourth-order valence-electron chi connectivity index (χ4n) is 1.84. The summed E-state index contributed by atoms with van der Waals surface area (Å²) in [7, 11) is 1.34. The minimum absolute atomic E-state index is 0.167. The molecule has 0 saturated carbocycles. The molecule has 0 aromatic carbocycles. The van der Waals surface area contributed by atoms with Crippen LogP contribution in [0.15, 0.2) is 0 Å². The minimum atomic E-state index is -0.314. The van der Waals surface area contributed by atoms with E-state index in [0.717, 1.165) is 19.3 Å². The van der Waals surface area contributed by atoms with Gasteiger partial charge < -0.3 is 18.9 Å². The zero-order valence-electron chi connectivity index (χ0n) is 14.8. The predicted molar refractivity (Wildman–Crippen MR) is 87.4 cm³/mol. The van der Waals surface area contributed by atoms with Crippen molar-refractivity contribution in [3.8, 4) is 0 Å². The molecule has 0 rings (SSSR count). The van der Waals surface area contributed by atoms with Gasteiger partial charge in [-0.05, 0) is 19.3 Å². The van der Waals surface area contributed by atoms with Crippen LogP contribution in [-0.4, -0.2) is 51.4 Å². The average Bonchev–Trinajstić information content (AvgIpc) is 2.57. The van der Waals surface area contributed by atoms with Gasteiger partial charge in [-0.2, -0.15) is 0 Å². The molecule has 7 nitrogen and oxygen atoms in total. The summed E-state index contributed by atoms with van der Waals surface area (Å²) in [6, 6.07) is 0. The average molecular weight is 346 g/mol. The van der Waals surface area contributed by atoms with Crippen molar-refractivity contribution < 1.29 is 33.3 Å². The second-order valence-electron chi connectivity index (χ2n) is 5.29. The quantitative estimate of drug-likeness (QED) is 0.255. The van der Waals surface area contributed by atoms with Crippen molar-refractivity contribution in [1.82, 2.24) is 0 Å². The molecule has 0 saturated heterocycles. The summed E-state index contributed by atoms with van der Waals surface area (Å²) in [4.78, 5) is 33.6. The monoisotopic (exact) mass is 346 g/mol. The van der Waals surface area contributed by atoms with Crippen LogP contribution in [0, 0.1) is 0 Å². The van der Waals surface area contributed by atoms with Gasteiger partial charge in [0.15, 0.2) is 0 Å². The number of esters is 3. The van der Waals surface area contributed by atoms with Gasteiger partial charge in [0.25, 0.3) is 0 Å². The summed E-state index contributed by atoms with van der Waals surface area (Å²) in [6.07, 6.45) is 5.16. The van der Waals surface area contributed by atoms with Crippen LogP contribution in [-0.2, 0) is 33.3 Å². The smallest absolute Gasteiger partial charge is 0.305 e. The Hall–Kier alpha value is -1.63. The summed E-state index contributed by atoms with van der Waals surface area (Å²) in [5.41, 5.74) is 0. The molecule has 0 aromatic heterocycles. The van der Waals surface area contributed by atoms with E-state index in [9.17, 15) is 14.4 Å². The van der Waals surface area contributed by atoms with E-state index in [1.54, 1.807) is 0 Å². The molecule has 0 aliphatic carbocycles. The normalized spacial score (nSPS) is 10.2. The fourth-order valence-corrected chi connectivity index (χ4v) is 1.84. The zero-order valence-corrected chi connectivity index (χ0v) is 14.8. The molecular weight excluding hydrogens is 316 g/mol. The highest BCUT2D eigenvalue weighted by Crippen LogP contribution is 2.02. The first kappa shape index (κ1) is 22.4. The molecule has 0 radical (unpaired) electrons. The first-order chi connectivity index (χ1) is 11.6. The van der Waals surface area contributed by atoms with Crippen LogP contribution in [0.1, 0.15) is 58.3 Å². The third-order valence-corrected chi connectivity index (χ3v) is 3.21. The highest BCUT2D eigenvalue weighted by Gasteiger charge is 2.05. The molecule has 24 heavy (non-hydrogen) atoms. The van der Waals surface area contributed by atoms with Crippen LogP contribution in [0.3, 0.4) is 0 Å². The molecule has 0 fully saturated rings. The predicted octanol–water partition coefficient (Wildman–Crippen LogP) is 2.40. The topological polar surface area (TPSA) is 88.1 Å². The number of hydrogen-bond acceptors (Lipinski definition) is 7. The Morgan fingerprint density at radius 1 is 0.667 bits per heavy atom. The van der Waals surface area contributed by atoms with Gasteiger partial charge in [0.05, 0.1) is 20.3 Å². The molecule has 0 aliphatic heterocycles. The first-order valence-electron chi connectivity index (χ1n) is 8.56. The molecule has 0 spiro atoms. The zero-order chi connectivity index (χ0) is 18.0. The Bertz CT molecular complexity index is 355. The van der Waals surface area contributed by atoms with Crippen molar-refractivity contribution in [2.24, 2.45) is 0 Å².